The number of para-hydroxylation sites is 1. The number of esters is 1. The largest absolute Gasteiger partial charge is 0.493 e. The summed E-state index contributed by atoms with van der Waals surface area (Å²) in [6.07, 6.45) is 3.17. The predicted octanol–water partition coefficient (Wildman–Crippen LogP) is 6.47. The van der Waals surface area contributed by atoms with Gasteiger partial charge in [-0.3, -0.25) is 9.59 Å². The molecule has 8 heteroatoms. The van der Waals surface area contributed by atoms with E-state index in [0.29, 0.717) is 57.3 Å². The summed E-state index contributed by atoms with van der Waals surface area (Å²) in [7, 11) is 3.10. The van der Waals surface area contributed by atoms with Crippen LogP contribution in [-0.4, -0.2) is 33.4 Å². The topological polar surface area (TPSA) is 93.4 Å². The molecule has 0 aliphatic carbocycles. The minimum Gasteiger partial charge on any atom is -0.493 e. The van der Waals surface area contributed by atoms with Crippen molar-refractivity contribution in [1.82, 2.24) is 0 Å². The van der Waals surface area contributed by atoms with E-state index in [1.807, 2.05) is 30.3 Å². The van der Waals surface area contributed by atoms with E-state index >= 15 is 0 Å². The Hall–Kier alpha value is -5.24. The second-order valence-electron chi connectivity index (χ2n) is 10.8. The van der Waals surface area contributed by atoms with Gasteiger partial charge in [-0.15, -0.1) is 0 Å². The molecule has 2 aliphatic rings. The lowest BCUT2D eigenvalue weighted by molar-refractivity contribution is -0.135. The Morgan fingerprint density at radius 2 is 1.70 bits per heavy atom. The molecule has 44 heavy (non-hydrogen) atoms. The summed E-state index contributed by atoms with van der Waals surface area (Å²) in [6.45, 7) is 1.18. The van der Waals surface area contributed by atoms with Crippen LogP contribution in [0.2, 0.25) is 0 Å². The number of methoxy groups -OCH3 is 2. The number of benzene rings is 4. The van der Waals surface area contributed by atoms with E-state index in [4.69, 9.17) is 28.1 Å². The summed E-state index contributed by atoms with van der Waals surface area (Å²) in [5, 5.41) is 0.387. The molecule has 1 aromatic heterocycles. The minimum absolute atomic E-state index is 0.0818. The fraction of sp³-hybridized carbons (Fsp3) is 0.222. The first-order valence-corrected chi connectivity index (χ1v) is 14.5. The zero-order valence-corrected chi connectivity index (χ0v) is 24.4. The number of ether oxygens (including phenoxy) is 5. The van der Waals surface area contributed by atoms with Crippen LogP contribution in [-0.2, 0) is 17.6 Å². The standard InChI is InChI=1S/C36H30O8/c1-39-30-11-8-22(18-32(30)40-2)27-20-43-36-25(35(27)38)9-12-31-34(36)26(19-33(37)44-31)24-5-3-4-6-29(24)42-15-13-21-7-10-28-23(17-21)14-16-41-28/h3-12,17-18,20,26H,13-16,19H2,1-2H3/t26-/m0/s1. The van der Waals surface area contributed by atoms with Crippen LogP contribution in [0.5, 0.6) is 28.7 Å². The number of carbonyl (C=O) groups excluding carboxylic acids is 1. The van der Waals surface area contributed by atoms with Gasteiger partial charge in [0.05, 0.1) is 44.8 Å². The zero-order valence-electron chi connectivity index (χ0n) is 24.4. The first-order chi connectivity index (χ1) is 21.5. The van der Waals surface area contributed by atoms with Crippen molar-refractivity contribution in [2.24, 2.45) is 0 Å². The highest BCUT2D eigenvalue weighted by Crippen LogP contribution is 2.45. The lowest BCUT2D eigenvalue weighted by Gasteiger charge is -2.27. The van der Waals surface area contributed by atoms with E-state index in [0.717, 1.165) is 30.8 Å². The number of fused-ring (bicyclic) bond motifs is 4. The van der Waals surface area contributed by atoms with E-state index in [1.165, 1.54) is 17.4 Å². The van der Waals surface area contributed by atoms with Gasteiger partial charge >= 0.3 is 5.97 Å². The van der Waals surface area contributed by atoms with Crippen LogP contribution in [0.3, 0.4) is 0 Å². The Kier molecular flexibility index (Phi) is 7.18. The zero-order chi connectivity index (χ0) is 30.2. The lowest BCUT2D eigenvalue weighted by atomic mass is 9.84. The summed E-state index contributed by atoms with van der Waals surface area (Å²) < 4.78 is 34.5. The summed E-state index contributed by atoms with van der Waals surface area (Å²) in [6, 6.07) is 22.5. The molecule has 222 valence electrons. The van der Waals surface area contributed by atoms with Gasteiger partial charge in [-0.25, -0.2) is 0 Å². The Morgan fingerprint density at radius 3 is 2.57 bits per heavy atom. The van der Waals surface area contributed by atoms with Crippen LogP contribution < -0.4 is 29.1 Å². The highest BCUT2D eigenvalue weighted by atomic mass is 16.5. The third-order valence-corrected chi connectivity index (χ3v) is 8.27. The fourth-order valence-corrected chi connectivity index (χ4v) is 6.10. The van der Waals surface area contributed by atoms with Gasteiger partial charge in [0.1, 0.15) is 29.1 Å². The minimum atomic E-state index is -0.432. The van der Waals surface area contributed by atoms with Gasteiger partial charge in [-0.2, -0.15) is 0 Å². The van der Waals surface area contributed by atoms with E-state index < -0.39 is 5.92 Å². The average molecular weight is 591 g/mol. The molecule has 1 atom stereocenters. The second kappa shape index (κ2) is 11.4. The molecule has 4 aromatic carbocycles. The van der Waals surface area contributed by atoms with Crippen molar-refractivity contribution in [3.8, 4) is 39.9 Å². The lowest BCUT2D eigenvalue weighted by Crippen LogP contribution is -2.22. The van der Waals surface area contributed by atoms with Crippen molar-refractivity contribution in [3.05, 3.63) is 112 Å². The molecule has 0 saturated heterocycles. The molecule has 0 N–H and O–H groups in total. The maximum Gasteiger partial charge on any atom is 0.312 e. The average Bonchev–Trinajstić information content (AvgIpc) is 3.52. The van der Waals surface area contributed by atoms with Crippen LogP contribution in [0.15, 0.2) is 88.3 Å². The Morgan fingerprint density at radius 1 is 0.864 bits per heavy atom. The number of hydrogen-bond donors (Lipinski definition) is 0. The fourth-order valence-electron chi connectivity index (χ4n) is 6.10. The molecule has 0 spiro atoms. The number of carbonyl (C=O) groups is 1. The molecule has 0 fully saturated rings. The molecule has 3 heterocycles. The molecular formula is C36H30O8. The first kappa shape index (κ1) is 27.6. The molecule has 0 amide bonds. The van der Waals surface area contributed by atoms with Crippen LogP contribution in [0.25, 0.3) is 22.1 Å². The van der Waals surface area contributed by atoms with Gasteiger partial charge in [0.25, 0.3) is 0 Å². The van der Waals surface area contributed by atoms with Crippen molar-refractivity contribution >= 4 is 16.9 Å². The summed E-state index contributed by atoms with van der Waals surface area (Å²) >= 11 is 0. The number of rotatable bonds is 8. The third kappa shape index (κ3) is 4.92. The van der Waals surface area contributed by atoms with Crippen LogP contribution >= 0.6 is 0 Å². The van der Waals surface area contributed by atoms with Gasteiger partial charge in [-0.05, 0) is 53.1 Å². The van der Waals surface area contributed by atoms with Gasteiger partial charge in [0.2, 0.25) is 5.43 Å². The van der Waals surface area contributed by atoms with E-state index in [-0.39, 0.29) is 17.8 Å². The van der Waals surface area contributed by atoms with Crippen molar-refractivity contribution in [3.63, 3.8) is 0 Å². The highest BCUT2D eigenvalue weighted by molar-refractivity contribution is 5.90. The van der Waals surface area contributed by atoms with Crippen LogP contribution in [0, 0.1) is 0 Å². The molecule has 0 unspecified atom stereocenters. The van der Waals surface area contributed by atoms with Gasteiger partial charge in [0.15, 0.2) is 11.5 Å². The Bertz CT molecular complexity index is 1960. The van der Waals surface area contributed by atoms with Crippen LogP contribution in [0.4, 0.5) is 0 Å². The molecule has 8 nitrogen and oxygen atoms in total. The Labute approximate surface area is 253 Å². The third-order valence-electron chi connectivity index (χ3n) is 8.27. The molecule has 2 aliphatic heterocycles. The van der Waals surface area contributed by atoms with Gasteiger partial charge < -0.3 is 28.1 Å². The van der Waals surface area contributed by atoms with Crippen molar-refractivity contribution in [2.45, 2.75) is 25.2 Å². The predicted molar refractivity (Wildman–Crippen MR) is 164 cm³/mol. The monoisotopic (exact) mass is 590 g/mol. The van der Waals surface area contributed by atoms with Crippen molar-refractivity contribution in [2.75, 3.05) is 27.4 Å². The highest BCUT2D eigenvalue weighted by Gasteiger charge is 2.34. The molecule has 0 radical (unpaired) electrons. The van der Waals surface area contributed by atoms with E-state index in [2.05, 4.69) is 12.1 Å². The molecule has 0 saturated carbocycles. The molecular weight excluding hydrogens is 560 g/mol. The van der Waals surface area contributed by atoms with Crippen molar-refractivity contribution in [1.29, 1.82) is 0 Å². The van der Waals surface area contributed by atoms with E-state index in [9.17, 15) is 9.59 Å². The summed E-state index contributed by atoms with van der Waals surface area (Å²) in [4.78, 5) is 26.6. The van der Waals surface area contributed by atoms with Gasteiger partial charge in [-0.1, -0.05) is 36.4 Å². The SMILES string of the molecule is COc1ccc(-c2coc3c4c(ccc3c2=O)OC(=O)C[C@H]4c2ccccc2OCCc2ccc3c(c2)CCO3)cc1OC. The van der Waals surface area contributed by atoms with Gasteiger partial charge in [0, 0.05) is 29.9 Å². The molecule has 7 rings (SSSR count). The maximum absolute atomic E-state index is 13.8. The maximum atomic E-state index is 13.8. The first-order valence-electron chi connectivity index (χ1n) is 14.5. The Balaban J connectivity index is 1.24. The van der Waals surface area contributed by atoms with Crippen molar-refractivity contribution < 1.29 is 32.9 Å². The van der Waals surface area contributed by atoms with Crippen LogP contribution in [0.1, 0.15) is 34.6 Å². The summed E-state index contributed by atoms with van der Waals surface area (Å²) in [5.74, 6) is 2.27. The smallest absolute Gasteiger partial charge is 0.312 e. The number of hydrogen-bond acceptors (Lipinski definition) is 8. The molecule has 0 bridgehead atoms. The van der Waals surface area contributed by atoms with E-state index in [1.54, 1.807) is 44.6 Å². The second-order valence-corrected chi connectivity index (χ2v) is 10.8. The quantitative estimate of drug-likeness (QED) is 0.150. The molecule has 5 aromatic rings. The normalized spacial score (nSPS) is 15.2. The summed E-state index contributed by atoms with van der Waals surface area (Å²) in [5.41, 5.74) is 5.06.